The predicted octanol–water partition coefficient (Wildman–Crippen LogP) is 3.36. The fourth-order valence-electron chi connectivity index (χ4n) is 3.42. The number of ether oxygens (including phenoxy) is 1. The van der Waals surface area contributed by atoms with Crippen LogP contribution in [0.25, 0.3) is 10.1 Å². The number of thiophene rings is 1. The van der Waals surface area contributed by atoms with E-state index < -0.39 is 0 Å². The summed E-state index contributed by atoms with van der Waals surface area (Å²) in [6.45, 7) is 10.0. The first-order valence-electron chi connectivity index (χ1n) is 7.58. The molecule has 0 aliphatic carbocycles. The summed E-state index contributed by atoms with van der Waals surface area (Å²) in [5.41, 5.74) is 7.30. The fourth-order valence-corrected chi connectivity index (χ4v) is 4.51. The van der Waals surface area contributed by atoms with Crippen LogP contribution in [0.4, 0.5) is 0 Å². The van der Waals surface area contributed by atoms with Crippen LogP contribution in [0.5, 0.6) is 0 Å². The highest BCUT2D eigenvalue weighted by atomic mass is 32.1. The molecule has 0 bridgehead atoms. The Labute approximate surface area is 130 Å². The highest BCUT2D eigenvalue weighted by Gasteiger charge is 2.31. The Morgan fingerprint density at radius 1 is 1.38 bits per heavy atom. The molecular formula is C17H24N2OS. The predicted molar refractivity (Wildman–Crippen MR) is 89.6 cm³/mol. The van der Waals surface area contributed by atoms with Crippen LogP contribution in [0.2, 0.25) is 0 Å². The third kappa shape index (κ3) is 3.14. The lowest BCUT2D eigenvalue weighted by molar-refractivity contribution is -0.130. The van der Waals surface area contributed by atoms with Gasteiger partial charge >= 0.3 is 0 Å². The van der Waals surface area contributed by atoms with Gasteiger partial charge in [0.1, 0.15) is 0 Å². The zero-order valence-electron chi connectivity index (χ0n) is 13.1. The van der Waals surface area contributed by atoms with Crippen molar-refractivity contribution in [1.29, 1.82) is 0 Å². The zero-order valence-corrected chi connectivity index (χ0v) is 13.9. The summed E-state index contributed by atoms with van der Waals surface area (Å²) in [5.74, 6) is 0. The molecule has 1 unspecified atom stereocenters. The molecule has 4 heteroatoms. The number of nitrogens with two attached hydrogens (primary N) is 1. The van der Waals surface area contributed by atoms with Gasteiger partial charge in [0.05, 0.1) is 11.7 Å². The monoisotopic (exact) mass is 304 g/mol. The van der Waals surface area contributed by atoms with Crippen LogP contribution in [0.1, 0.15) is 31.2 Å². The van der Waals surface area contributed by atoms with Crippen molar-refractivity contribution < 1.29 is 4.74 Å². The molecular weight excluding hydrogens is 280 g/mol. The molecule has 0 saturated carbocycles. The average molecular weight is 304 g/mol. The third-order valence-electron chi connectivity index (χ3n) is 3.99. The molecule has 1 fully saturated rings. The maximum atomic E-state index is 6.00. The quantitative estimate of drug-likeness (QED) is 0.945. The second kappa shape index (κ2) is 5.69. The number of nitrogens with zero attached hydrogens (tertiary/aromatic N) is 1. The summed E-state index contributed by atoms with van der Waals surface area (Å²) in [4.78, 5) is 3.81. The van der Waals surface area contributed by atoms with Crippen molar-refractivity contribution in [3.63, 3.8) is 0 Å². The first-order valence-corrected chi connectivity index (χ1v) is 8.40. The van der Waals surface area contributed by atoms with Crippen LogP contribution in [0.15, 0.2) is 24.3 Å². The normalized spacial score (nSPS) is 22.8. The topological polar surface area (TPSA) is 38.5 Å². The Morgan fingerprint density at radius 2 is 2.14 bits per heavy atom. The second-order valence-corrected chi connectivity index (χ2v) is 7.70. The van der Waals surface area contributed by atoms with Crippen molar-refractivity contribution in [3.05, 3.63) is 34.7 Å². The summed E-state index contributed by atoms with van der Waals surface area (Å²) < 4.78 is 7.34. The highest BCUT2D eigenvalue weighted by molar-refractivity contribution is 7.19. The summed E-state index contributed by atoms with van der Waals surface area (Å²) >= 11 is 1.83. The van der Waals surface area contributed by atoms with Gasteiger partial charge in [0.25, 0.3) is 0 Å². The van der Waals surface area contributed by atoms with Gasteiger partial charge in [0, 0.05) is 35.8 Å². The highest BCUT2D eigenvalue weighted by Crippen LogP contribution is 2.33. The largest absolute Gasteiger partial charge is 0.370 e. The molecule has 1 saturated heterocycles. The van der Waals surface area contributed by atoms with E-state index >= 15 is 0 Å². The second-order valence-electron chi connectivity index (χ2n) is 6.56. The summed E-state index contributed by atoms with van der Waals surface area (Å²) in [6.07, 6.45) is 0.278. The van der Waals surface area contributed by atoms with E-state index in [9.17, 15) is 0 Å². The number of morpholine rings is 1. The van der Waals surface area contributed by atoms with Gasteiger partial charge in [-0.25, -0.2) is 0 Å². The van der Waals surface area contributed by atoms with E-state index in [1.54, 1.807) is 0 Å². The lowest BCUT2D eigenvalue weighted by atomic mass is 10.0. The van der Waals surface area contributed by atoms with Crippen molar-refractivity contribution >= 4 is 21.4 Å². The molecule has 1 aliphatic heterocycles. The van der Waals surface area contributed by atoms with Gasteiger partial charge in [0.2, 0.25) is 0 Å². The maximum Gasteiger partial charge on any atom is 0.0757 e. The van der Waals surface area contributed by atoms with Crippen molar-refractivity contribution in [2.45, 2.75) is 45.6 Å². The molecule has 3 rings (SSSR count). The van der Waals surface area contributed by atoms with E-state index in [0.717, 1.165) is 19.6 Å². The molecule has 114 valence electrons. The van der Waals surface area contributed by atoms with Gasteiger partial charge in [-0.2, -0.15) is 0 Å². The molecule has 1 aromatic carbocycles. The first kappa shape index (κ1) is 15.0. The molecule has 1 atom stereocenters. The molecule has 2 heterocycles. The van der Waals surface area contributed by atoms with Crippen molar-refractivity contribution in [3.8, 4) is 0 Å². The van der Waals surface area contributed by atoms with Gasteiger partial charge < -0.3 is 10.5 Å². The number of rotatable bonds is 3. The minimum Gasteiger partial charge on any atom is -0.370 e. The first-order chi connectivity index (χ1) is 9.98. The standard InChI is InChI=1S/C17H24N2OS/c1-12-9-19(11-17(2,3)20-12)10-14-13-6-4-5-7-15(13)21-16(14)8-18/h4-7,12H,8-11,18H2,1-3H3. The maximum absolute atomic E-state index is 6.00. The molecule has 0 radical (unpaired) electrons. The number of hydrogen-bond donors (Lipinski definition) is 1. The number of benzene rings is 1. The van der Waals surface area contributed by atoms with Crippen molar-refractivity contribution in [2.24, 2.45) is 5.73 Å². The Bertz CT molecular complexity index is 635. The SMILES string of the molecule is CC1CN(Cc2c(CN)sc3ccccc23)CC(C)(C)O1. The summed E-state index contributed by atoms with van der Waals surface area (Å²) in [7, 11) is 0. The van der Waals surface area contributed by atoms with Crippen LogP contribution in [0, 0.1) is 0 Å². The Balaban J connectivity index is 1.90. The van der Waals surface area contributed by atoms with E-state index in [0.29, 0.717) is 6.54 Å². The third-order valence-corrected chi connectivity index (χ3v) is 5.22. The van der Waals surface area contributed by atoms with Crippen molar-refractivity contribution in [2.75, 3.05) is 13.1 Å². The van der Waals surface area contributed by atoms with Gasteiger partial charge in [-0.3, -0.25) is 4.90 Å². The van der Waals surface area contributed by atoms with Crippen LogP contribution in [-0.2, 0) is 17.8 Å². The van der Waals surface area contributed by atoms with Gasteiger partial charge in [-0.1, -0.05) is 18.2 Å². The van der Waals surface area contributed by atoms with Crippen LogP contribution in [-0.4, -0.2) is 29.7 Å². The smallest absolute Gasteiger partial charge is 0.0757 e. The minimum absolute atomic E-state index is 0.0770. The Morgan fingerprint density at radius 3 is 2.86 bits per heavy atom. The lowest BCUT2D eigenvalue weighted by Gasteiger charge is -2.41. The Hall–Kier alpha value is -0.940. The Kier molecular flexibility index (Phi) is 4.06. The van der Waals surface area contributed by atoms with Crippen LogP contribution < -0.4 is 5.73 Å². The van der Waals surface area contributed by atoms with Crippen LogP contribution >= 0.6 is 11.3 Å². The number of hydrogen-bond acceptors (Lipinski definition) is 4. The molecule has 1 aromatic heterocycles. The van der Waals surface area contributed by atoms with E-state index in [1.807, 2.05) is 11.3 Å². The molecule has 1 aliphatic rings. The van der Waals surface area contributed by atoms with E-state index in [4.69, 9.17) is 10.5 Å². The molecule has 2 aromatic rings. The summed E-state index contributed by atoms with van der Waals surface area (Å²) in [6, 6.07) is 8.62. The zero-order chi connectivity index (χ0) is 15.0. The molecule has 3 nitrogen and oxygen atoms in total. The molecule has 0 spiro atoms. The van der Waals surface area contributed by atoms with E-state index in [2.05, 4.69) is 49.9 Å². The van der Waals surface area contributed by atoms with Gasteiger partial charge in [0.15, 0.2) is 0 Å². The minimum atomic E-state index is -0.0770. The van der Waals surface area contributed by atoms with E-state index in [-0.39, 0.29) is 11.7 Å². The van der Waals surface area contributed by atoms with Gasteiger partial charge in [-0.15, -0.1) is 11.3 Å². The average Bonchev–Trinajstić information content (AvgIpc) is 2.75. The molecule has 0 amide bonds. The fraction of sp³-hybridized carbons (Fsp3) is 0.529. The molecule has 2 N–H and O–H groups in total. The van der Waals surface area contributed by atoms with E-state index in [1.165, 1.54) is 20.5 Å². The molecule has 21 heavy (non-hydrogen) atoms. The summed E-state index contributed by atoms with van der Waals surface area (Å²) in [5, 5.41) is 1.36. The van der Waals surface area contributed by atoms with Crippen molar-refractivity contribution in [1.82, 2.24) is 4.90 Å². The lowest BCUT2D eigenvalue weighted by Crippen LogP contribution is -2.51. The van der Waals surface area contributed by atoms with Crippen LogP contribution in [0.3, 0.4) is 0 Å². The van der Waals surface area contributed by atoms with Gasteiger partial charge in [-0.05, 0) is 37.8 Å². The number of fused-ring (bicyclic) bond motifs is 1.